The van der Waals surface area contributed by atoms with Crippen LogP contribution in [-0.4, -0.2) is 55.5 Å². The van der Waals surface area contributed by atoms with Gasteiger partial charge in [-0.2, -0.15) is 11.8 Å². The fourth-order valence-corrected chi connectivity index (χ4v) is 4.73. The summed E-state index contributed by atoms with van der Waals surface area (Å²) in [6.45, 7) is 4.60. The van der Waals surface area contributed by atoms with E-state index in [1.807, 2.05) is 11.8 Å². The molecule has 0 aromatic heterocycles. The van der Waals surface area contributed by atoms with Crippen molar-refractivity contribution < 1.29 is 8.42 Å². The van der Waals surface area contributed by atoms with E-state index in [4.69, 9.17) is 11.1 Å². The van der Waals surface area contributed by atoms with Crippen molar-refractivity contribution >= 4 is 27.4 Å². The standard InChI is InChI=1S/C14H21N3O2S2/c1-11-10-17(5-7-20-11)6-8-21(18,19)13-4-2-3-12(9-13)14(15)16/h2-4,9,11H,5-8,10H2,1H3,(H3,15,16). The lowest BCUT2D eigenvalue weighted by Crippen LogP contribution is -2.39. The van der Waals surface area contributed by atoms with Gasteiger partial charge >= 0.3 is 0 Å². The number of hydrogen-bond acceptors (Lipinski definition) is 5. The summed E-state index contributed by atoms with van der Waals surface area (Å²) in [7, 11) is -3.33. The van der Waals surface area contributed by atoms with Gasteiger partial charge in [0.2, 0.25) is 0 Å². The minimum atomic E-state index is -3.33. The van der Waals surface area contributed by atoms with Crippen LogP contribution in [0.15, 0.2) is 29.2 Å². The molecule has 1 aromatic carbocycles. The molecule has 116 valence electrons. The normalized spacial score (nSPS) is 20.3. The predicted octanol–water partition coefficient (Wildman–Crippen LogP) is 1.18. The molecule has 0 amide bonds. The van der Waals surface area contributed by atoms with Crippen LogP contribution in [-0.2, 0) is 9.84 Å². The monoisotopic (exact) mass is 327 g/mol. The molecule has 1 heterocycles. The summed E-state index contributed by atoms with van der Waals surface area (Å²) in [6.07, 6.45) is 0. The second-order valence-electron chi connectivity index (χ2n) is 5.24. The third-order valence-electron chi connectivity index (χ3n) is 3.51. The highest BCUT2D eigenvalue weighted by molar-refractivity contribution is 8.00. The van der Waals surface area contributed by atoms with Crippen LogP contribution in [0.3, 0.4) is 0 Å². The van der Waals surface area contributed by atoms with Crippen LogP contribution < -0.4 is 5.73 Å². The van der Waals surface area contributed by atoms with Gasteiger partial charge in [0.25, 0.3) is 0 Å². The highest BCUT2D eigenvalue weighted by Crippen LogP contribution is 2.18. The first kappa shape index (κ1) is 16.3. The van der Waals surface area contributed by atoms with Gasteiger partial charge in [-0.15, -0.1) is 0 Å². The van der Waals surface area contributed by atoms with Crippen molar-refractivity contribution in [1.82, 2.24) is 4.90 Å². The van der Waals surface area contributed by atoms with E-state index < -0.39 is 9.84 Å². The highest BCUT2D eigenvalue weighted by atomic mass is 32.2. The Kier molecular flexibility index (Phi) is 5.29. The maximum absolute atomic E-state index is 12.4. The molecule has 7 heteroatoms. The Balaban J connectivity index is 2.04. The summed E-state index contributed by atoms with van der Waals surface area (Å²) >= 11 is 1.93. The molecule has 21 heavy (non-hydrogen) atoms. The molecule has 1 fully saturated rings. The van der Waals surface area contributed by atoms with Crippen LogP contribution in [0.25, 0.3) is 0 Å². The lowest BCUT2D eigenvalue weighted by atomic mass is 10.2. The van der Waals surface area contributed by atoms with Crippen LogP contribution in [0.2, 0.25) is 0 Å². The maximum Gasteiger partial charge on any atom is 0.179 e. The predicted molar refractivity (Wildman–Crippen MR) is 87.9 cm³/mol. The molecule has 0 saturated carbocycles. The average molecular weight is 327 g/mol. The van der Waals surface area contributed by atoms with Gasteiger partial charge < -0.3 is 10.6 Å². The minimum absolute atomic E-state index is 0.103. The second-order valence-corrected chi connectivity index (χ2v) is 8.90. The fourth-order valence-electron chi connectivity index (χ4n) is 2.32. The van der Waals surface area contributed by atoms with Crippen molar-refractivity contribution in [2.45, 2.75) is 17.1 Å². The van der Waals surface area contributed by atoms with Gasteiger partial charge in [-0.1, -0.05) is 19.1 Å². The molecular weight excluding hydrogens is 306 g/mol. The Labute approximate surface area is 130 Å². The zero-order chi connectivity index (χ0) is 15.5. The van der Waals surface area contributed by atoms with E-state index >= 15 is 0 Å². The number of rotatable bonds is 5. The second kappa shape index (κ2) is 6.81. The lowest BCUT2D eigenvalue weighted by Gasteiger charge is -2.30. The van der Waals surface area contributed by atoms with Crippen LogP contribution in [0.1, 0.15) is 12.5 Å². The van der Waals surface area contributed by atoms with Crippen molar-refractivity contribution in [2.75, 3.05) is 31.1 Å². The maximum atomic E-state index is 12.4. The van der Waals surface area contributed by atoms with E-state index in [1.165, 1.54) is 6.07 Å². The number of benzene rings is 1. The van der Waals surface area contributed by atoms with Gasteiger partial charge in [-0.25, -0.2) is 8.42 Å². The number of nitrogen functional groups attached to an aromatic ring is 1. The zero-order valence-corrected chi connectivity index (χ0v) is 13.7. The van der Waals surface area contributed by atoms with E-state index in [9.17, 15) is 8.42 Å². The minimum Gasteiger partial charge on any atom is -0.384 e. The number of nitrogens with two attached hydrogens (primary N) is 1. The number of amidine groups is 1. The van der Waals surface area contributed by atoms with Crippen LogP contribution in [0.5, 0.6) is 0 Å². The lowest BCUT2D eigenvalue weighted by molar-refractivity contribution is 0.303. The van der Waals surface area contributed by atoms with Gasteiger partial charge in [-0.05, 0) is 12.1 Å². The molecule has 0 spiro atoms. The molecule has 1 saturated heterocycles. The SMILES string of the molecule is CC1CN(CCS(=O)(=O)c2cccc(C(=N)N)c2)CCS1. The quantitative estimate of drug-likeness (QED) is 0.626. The zero-order valence-electron chi connectivity index (χ0n) is 12.1. The summed E-state index contributed by atoms with van der Waals surface area (Å²) in [4.78, 5) is 2.45. The molecule has 0 aliphatic carbocycles. The van der Waals surface area contributed by atoms with Crippen LogP contribution in [0.4, 0.5) is 0 Å². The Morgan fingerprint density at radius 2 is 2.29 bits per heavy atom. The van der Waals surface area contributed by atoms with E-state index in [-0.39, 0.29) is 16.5 Å². The van der Waals surface area contributed by atoms with Crippen molar-refractivity contribution in [2.24, 2.45) is 5.73 Å². The Bertz CT molecular complexity index is 616. The van der Waals surface area contributed by atoms with Gasteiger partial charge in [0.15, 0.2) is 9.84 Å². The molecule has 1 aromatic rings. The average Bonchev–Trinajstić information content (AvgIpc) is 2.45. The molecule has 1 aliphatic rings. The third-order valence-corrected chi connectivity index (χ3v) is 6.33. The molecular formula is C14H21N3O2S2. The third kappa shape index (κ3) is 4.46. The number of nitrogens with zero attached hydrogens (tertiary/aromatic N) is 1. The Morgan fingerprint density at radius 3 is 2.95 bits per heavy atom. The molecule has 1 aliphatic heterocycles. The molecule has 1 unspecified atom stereocenters. The van der Waals surface area contributed by atoms with E-state index in [1.54, 1.807) is 18.2 Å². The molecule has 2 rings (SSSR count). The first-order valence-electron chi connectivity index (χ1n) is 6.89. The number of nitrogens with one attached hydrogen (secondary N) is 1. The van der Waals surface area contributed by atoms with E-state index in [2.05, 4.69) is 11.8 Å². The number of hydrogen-bond donors (Lipinski definition) is 2. The first-order valence-corrected chi connectivity index (χ1v) is 9.60. The fraction of sp³-hybridized carbons (Fsp3) is 0.500. The largest absolute Gasteiger partial charge is 0.384 e. The van der Waals surface area contributed by atoms with Gasteiger partial charge in [0, 0.05) is 36.2 Å². The molecule has 0 bridgehead atoms. The van der Waals surface area contributed by atoms with E-state index in [0.29, 0.717) is 17.4 Å². The Hall–Kier alpha value is -1.05. The molecule has 0 radical (unpaired) electrons. The van der Waals surface area contributed by atoms with Gasteiger partial charge in [0.05, 0.1) is 10.6 Å². The highest BCUT2D eigenvalue weighted by Gasteiger charge is 2.20. The van der Waals surface area contributed by atoms with Crippen molar-refractivity contribution in [1.29, 1.82) is 5.41 Å². The summed E-state index contributed by atoms with van der Waals surface area (Å²) in [5, 5.41) is 7.95. The molecule has 3 N–H and O–H groups in total. The summed E-state index contributed by atoms with van der Waals surface area (Å²) in [5.41, 5.74) is 5.85. The number of sulfone groups is 1. The summed E-state index contributed by atoms with van der Waals surface area (Å²) in [5.74, 6) is 1.04. The van der Waals surface area contributed by atoms with Crippen molar-refractivity contribution in [3.05, 3.63) is 29.8 Å². The van der Waals surface area contributed by atoms with Crippen LogP contribution in [0, 0.1) is 5.41 Å². The molecule has 5 nitrogen and oxygen atoms in total. The van der Waals surface area contributed by atoms with E-state index in [0.717, 1.165) is 18.8 Å². The Morgan fingerprint density at radius 1 is 1.52 bits per heavy atom. The van der Waals surface area contributed by atoms with Gasteiger partial charge in [0.1, 0.15) is 5.84 Å². The summed E-state index contributed by atoms with van der Waals surface area (Å²) in [6, 6.07) is 6.32. The van der Waals surface area contributed by atoms with Crippen molar-refractivity contribution in [3.8, 4) is 0 Å². The smallest absolute Gasteiger partial charge is 0.179 e. The first-order chi connectivity index (χ1) is 9.88. The van der Waals surface area contributed by atoms with Crippen molar-refractivity contribution in [3.63, 3.8) is 0 Å². The molecule has 1 atom stereocenters. The summed E-state index contributed by atoms with van der Waals surface area (Å²) < 4.78 is 24.8. The number of thioether (sulfide) groups is 1. The van der Waals surface area contributed by atoms with Crippen LogP contribution >= 0.6 is 11.8 Å². The van der Waals surface area contributed by atoms with Gasteiger partial charge in [-0.3, -0.25) is 5.41 Å². The topological polar surface area (TPSA) is 87.2 Å².